The highest BCUT2D eigenvalue weighted by molar-refractivity contribution is 5.83. The molecule has 8 atom stereocenters. The topological polar surface area (TPSA) is 446 Å². The summed E-state index contributed by atoms with van der Waals surface area (Å²) >= 11 is 0. The summed E-state index contributed by atoms with van der Waals surface area (Å²) in [7, 11) is 0. The lowest BCUT2D eigenvalue weighted by atomic mass is 9.73. The molecule has 0 fully saturated rings. The minimum atomic E-state index is -1.52. The molecular weight excluding hydrogens is 1400 g/mol. The van der Waals surface area contributed by atoms with Crippen LogP contribution in [0.25, 0.3) is 0 Å². The number of benzene rings is 4. The van der Waals surface area contributed by atoms with E-state index in [4.69, 9.17) is 75.8 Å². The predicted octanol–water partition coefficient (Wildman–Crippen LogP) is 2.40. The molecule has 0 aromatic heterocycles. The molecular formula is C74H86O32. The Kier molecular flexibility index (Phi) is 38.7. The Labute approximate surface area is 609 Å². The first kappa shape index (κ1) is 87.0. The van der Waals surface area contributed by atoms with Gasteiger partial charge in [0, 0.05) is 84.7 Å². The van der Waals surface area contributed by atoms with E-state index in [2.05, 4.69) is 52.6 Å². The molecule has 0 spiro atoms. The fraction of sp³-hybridized carbons (Fsp3) is 0.351. The molecule has 0 radical (unpaired) electrons. The highest BCUT2D eigenvalue weighted by atomic mass is 16.6. The fourth-order valence-electron chi connectivity index (χ4n) is 8.74. The van der Waals surface area contributed by atoms with Crippen LogP contribution >= 0.6 is 0 Å². The number of ether oxygens (including phenoxy) is 16. The van der Waals surface area contributed by atoms with Crippen LogP contribution in [0.2, 0.25) is 0 Å². The third-order valence-corrected chi connectivity index (χ3v) is 13.6. The molecule has 32 heteroatoms. The summed E-state index contributed by atoms with van der Waals surface area (Å²) < 4.78 is 90.3. The highest BCUT2D eigenvalue weighted by Crippen LogP contribution is 2.49. The first-order chi connectivity index (χ1) is 50.7. The van der Waals surface area contributed by atoms with Gasteiger partial charge >= 0.3 is 47.8 Å². The summed E-state index contributed by atoms with van der Waals surface area (Å²) in [5.74, 6) is -11.0. The molecule has 8 N–H and O–H groups in total. The van der Waals surface area contributed by atoms with Gasteiger partial charge in [0.2, 0.25) is 0 Å². The third-order valence-electron chi connectivity index (χ3n) is 13.6. The van der Waals surface area contributed by atoms with Crippen molar-refractivity contribution in [3.63, 3.8) is 0 Å². The molecule has 4 aromatic carbocycles. The Balaban J connectivity index is 2.35. The van der Waals surface area contributed by atoms with E-state index in [1.807, 2.05) is 0 Å². The summed E-state index contributed by atoms with van der Waals surface area (Å²) in [5, 5.41) is 89.2. The number of carbonyl (C=O) groups is 8. The van der Waals surface area contributed by atoms with Crippen molar-refractivity contribution >= 4 is 47.8 Å². The van der Waals surface area contributed by atoms with E-state index in [-0.39, 0.29) is 68.2 Å². The monoisotopic (exact) mass is 1490 g/mol. The zero-order valence-electron chi connectivity index (χ0n) is 57.7. The normalized spacial score (nSPS) is 13.5. The third kappa shape index (κ3) is 33.4. The molecule has 0 aliphatic heterocycles. The van der Waals surface area contributed by atoms with Crippen LogP contribution in [0.3, 0.4) is 0 Å². The van der Waals surface area contributed by atoms with Gasteiger partial charge in [-0.05, 0) is 70.8 Å². The van der Waals surface area contributed by atoms with Crippen molar-refractivity contribution < 1.29 is 155 Å². The maximum Gasteiger partial charge on any atom is 0.330 e. The Hall–Kier alpha value is -11.4. The van der Waals surface area contributed by atoms with E-state index < -0.39 is 214 Å². The second-order valence-corrected chi connectivity index (χ2v) is 22.3. The number of aliphatic hydroxyl groups is 8. The maximum absolute atomic E-state index is 12.1. The van der Waals surface area contributed by atoms with Gasteiger partial charge in [-0.1, -0.05) is 52.6 Å². The van der Waals surface area contributed by atoms with Gasteiger partial charge in [-0.3, -0.25) is 0 Å². The molecule has 4 aromatic rings. The van der Waals surface area contributed by atoms with E-state index in [1.165, 1.54) is 72.8 Å². The Morgan fingerprint density at radius 2 is 0.330 bits per heavy atom. The molecule has 0 saturated carbocycles. The van der Waals surface area contributed by atoms with Crippen molar-refractivity contribution in [2.24, 2.45) is 0 Å². The average Bonchev–Trinajstić information content (AvgIpc) is 0.762. The molecule has 0 aliphatic carbocycles. The largest absolute Gasteiger partial charge is 0.491 e. The van der Waals surface area contributed by atoms with Crippen molar-refractivity contribution in [3.8, 4) is 46.0 Å². The lowest BCUT2D eigenvalue weighted by Crippen LogP contribution is -2.26. The average molecular weight is 1490 g/mol. The van der Waals surface area contributed by atoms with Gasteiger partial charge in [0.15, 0.2) is 0 Å². The quantitative estimate of drug-likeness (QED) is 0.0179. The summed E-state index contributed by atoms with van der Waals surface area (Å²) in [4.78, 5) is 97.0. The summed E-state index contributed by atoms with van der Waals surface area (Å²) in [5.41, 5.74) is 0.366. The first-order valence-corrected chi connectivity index (χ1v) is 32.1. The molecule has 0 aliphatic rings. The number of aliphatic hydroxyl groups excluding tert-OH is 8. The molecule has 574 valence electrons. The second-order valence-electron chi connectivity index (χ2n) is 22.3. The Morgan fingerprint density at radius 3 is 0.434 bits per heavy atom. The van der Waals surface area contributed by atoms with Crippen LogP contribution in [0.5, 0.6) is 46.0 Å². The van der Waals surface area contributed by atoms with Gasteiger partial charge in [0.25, 0.3) is 0 Å². The van der Waals surface area contributed by atoms with Crippen molar-refractivity contribution in [1.82, 2.24) is 0 Å². The van der Waals surface area contributed by atoms with Crippen LogP contribution in [0.4, 0.5) is 0 Å². The zero-order chi connectivity index (χ0) is 78.1. The lowest BCUT2D eigenvalue weighted by molar-refractivity contribution is -0.142. The molecule has 0 saturated heterocycles. The van der Waals surface area contributed by atoms with Crippen molar-refractivity contribution in [2.75, 3.05) is 106 Å². The lowest BCUT2D eigenvalue weighted by Gasteiger charge is -2.32. The van der Waals surface area contributed by atoms with Gasteiger partial charge in [0.1, 0.15) is 201 Å². The van der Waals surface area contributed by atoms with Crippen LogP contribution in [0.1, 0.15) is 34.1 Å². The minimum Gasteiger partial charge on any atom is -0.491 e. The first-order valence-electron chi connectivity index (χ1n) is 32.1. The van der Waals surface area contributed by atoms with E-state index >= 15 is 0 Å². The summed E-state index contributed by atoms with van der Waals surface area (Å²) in [6.45, 7) is 17.2. The number of esters is 8. The SMILES string of the molecule is C=CC(=O)OCC(O)COc1cc(OCC(O)COC(=O)C=C)cc(C(c2cc(OCC(O)COC(=O)C=C)cc(OCC(O)COC(=O)C=C)c2)C(c2cc(OCC(O)COC(=O)C=C)cc(OCC(O)COC(=O)C=C)c2)c2cc(OCC(O)COC(=O)C=C)cc(OCC(O)COC(=O)C=C)c2)c1. The summed E-state index contributed by atoms with van der Waals surface area (Å²) in [6.07, 6.45) is -5.29. The molecule has 4 rings (SSSR count). The van der Waals surface area contributed by atoms with Crippen LogP contribution in [0.15, 0.2) is 174 Å². The van der Waals surface area contributed by atoms with Gasteiger partial charge in [-0.25, -0.2) is 38.4 Å². The van der Waals surface area contributed by atoms with Gasteiger partial charge in [-0.2, -0.15) is 0 Å². The molecule has 0 bridgehead atoms. The molecule has 0 amide bonds. The second kappa shape index (κ2) is 47.1. The minimum absolute atomic E-state index is 0.0916. The molecule has 0 heterocycles. The van der Waals surface area contributed by atoms with Gasteiger partial charge in [0.05, 0.1) is 0 Å². The van der Waals surface area contributed by atoms with E-state index in [0.717, 1.165) is 48.6 Å². The van der Waals surface area contributed by atoms with Crippen LogP contribution in [-0.4, -0.2) is 243 Å². The number of hydrogen-bond donors (Lipinski definition) is 8. The number of hydrogen-bond acceptors (Lipinski definition) is 32. The number of carbonyl (C=O) groups excluding carboxylic acids is 8. The van der Waals surface area contributed by atoms with E-state index in [9.17, 15) is 79.2 Å². The van der Waals surface area contributed by atoms with Gasteiger partial charge in [-0.15, -0.1) is 0 Å². The van der Waals surface area contributed by atoms with Crippen LogP contribution < -0.4 is 37.9 Å². The Morgan fingerprint density at radius 1 is 0.217 bits per heavy atom. The van der Waals surface area contributed by atoms with Gasteiger partial charge < -0.3 is 117 Å². The Bertz CT molecular complexity index is 2970. The fourth-order valence-corrected chi connectivity index (χ4v) is 8.74. The van der Waals surface area contributed by atoms with Crippen molar-refractivity contribution in [1.29, 1.82) is 0 Å². The smallest absolute Gasteiger partial charge is 0.330 e. The molecule has 8 unspecified atom stereocenters. The molecule has 106 heavy (non-hydrogen) atoms. The van der Waals surface area contributed by atoms with E-state index in [1.54, 1.807) is 0 Å². The van der Waals surface area contributed by atoms with Crippen LogP contribution in [-0.2, 0) is 76.3 Å². The zero-order valence-corrected chi connectivity index (χ0v) is 57.7. The number of rotatable bonds is 53. The van der Waals surface area contributed by atoms with Crippen molar-refractivity contribution in [2.45, 2.75) is 60.7 Å². The molecule has 32 nitrogen and oxygen atoms in total. The maximum atomic E-state index is 12.1. The summed E-state index contributed by atoms with van der Waals surface area (Å²) in [6, 6.07) is 16.8. The standard InChI is InChI=1S/C74H86O32/c1-9-65(83)99-37-49(75)29-91-57-17-45(18-58(25-57)92-30-50(76)38-100-66(84)10-2)73(46-19-59(93-31-51(77)39-101-67(85)11-3)26-60(20-46)94-32-52(78)40-102-68(86)12-4)74(47-21-61(95-33-53(79)41-103-69(87)13-5)27-62(22-47)96-34-54(80)42-104-70(88)14-6)48-23-63(97-35-55(81)43-105-71(89)15-7)28-64(24-48)98-36-56(82)44-106-72(90)16-8/h9-28,49-56,73-82H,1-8,29-44H2. The predicted molar refractivity (Wildman–Crippen MR) is 371 cm³/mol. The highest BCUT2D eigenvalue weighted by Gasteiger charge is 2.34. The van der Waals surface area contributed by atoms with E-state index in [0.29, 0.717) is 0 Å². The van der Waals surface area contributed by atoms with Crippen LogP contribution in [0, 0.1) is 0 Å². The van der Waals surface area contributed by atoms with Crippen molar-refractivity contribution in [3.05, 3.63) is 196 Å².